The highest BCUT2D eigenvalue weighted by Crippen LogP contribution is 2.31. The van der Waals surface area contributed by atoms with Crippen molar-refractivity contribution < 1.29 is 0 Å². The molecule has 0 spiro atoms. The minimum Gasteiger partial charge on any atom is -0.155 e. The summed E-state index contributed by atoms with van der Waals surface area (Å²) in [5, 5.41) is 9.36. The third-order valence-electron chi connectivity index (χ3n) is 3.43. The highest BCUT2D eigenvalue weighted by molar-refractivity contribution is 7.98. The van der Waals surface area contributed by atoms with Crippen LogP contribution in [-0.2, 0) is 0 Å². The van der Waals surface area contributed by atoms with Crippen molar-refractivity contribution in [3.8, 4) is 22.4 Å². The molecule has 1 heterocycles. The Morgan fingerprint density at radius 1 is 0.833 bits per heavy atom. The second-order valence-corrected chi connectivity index (χ2v) is 6.30. The van der Waals surface area contributed by atoms with Crippen LogP contribution in [0, 0.1) is 6.92 Å². The van der Waals surface area contributed by atoms with E-state index in [4.69, 9.17) is 11.6 Å². The summed E-state index contributed by atoms with van der Waals surface area (Å²) in [6, 6.07) is 18.3. The van der Waals surface area contributed by atoms with E-state index in [2.05, 4.69) is 46.8 Å². The number of rotatable bonds is 3. The van der Waals surface area contributed by atoms with Gasteiger partial charge in [0.2, 0.25) is 0 Å². The van der Waals surface area contributed by atoms with Gasteiger partial charge in [0.1, 0.15) is 5.69 Å². The molecule has 0 radical (unpaired) electrons. The molecule has 24 heavy (non-hydrogen) atoms. The first-order valence-corrected chi connectivity index (χ1v) is 9.52. The molecule has 0 saturated carbocycles. The fraction of sp³-hybridized carbons (Fsp3) is 0.200. The minimum atomic E-state index is 0.730. The fourth-order valence-corrected chi connectivity index (χ4v) is 2.83. The number of thioether (sulfide) groups is 1. The van der Waals surface area contributed by atoms with E-state index in [1.54, 1.807) is 11.8 Å². The molecule has 0 unspecified atom stereocenters. The molecule has 3 rings (SSSR count). The summed E-state index contributed by atoms with van der Waals surface area (Å²) in [7, 11) is 0. The molecule has 0 bridgehead atoms. The van der Waals surface area contributed by atoms with Gasteiger partial charge in [-0.3, -0.25) is 0 Å². The van der Waals surface area contributed by atoms with Gasteiger partial charge in [-0.05, 0) is 49.1 Å². The lowest BCUT2D eigenvalue weighted by molar-refractivity contribution is 0.989. The lowest BCUT2D eigenvalue weighted by Gasteiger charge is -2.10. The lowest BCUT2D eigenvalue weighted by Crippen LogP contribution is -1.95. The van der Waals surface area contributed by atoms with Crippen LogP contribution in [0.5, 0.6) is 0 Å². The van der Waals surface area contributed by atoms with Gasteiger partial charge >= 0.3 is 0 Å². The van der Waals surface area contributed by atoms with Crippen LogP contribution in [0.15, 0.2) is 59.5 Å². The molecule has 0 saturated heterocycles. The number of benzene rings is 2. The van der Waals surface area contributed by atoms with Crippen LogP contribution >= 0.6 is 23.4 Å². The third kappa shape index (κ3) is 4.37. The number of hydrogen-bond acceptors (Lipinski definition) is 3. The first kappa shape index (κ1) is 18.5. The first-order valence-electron chi connectivity index (χ1n) is 7.92. The van der Waals surface area contributed by atoms with E-state index in [0.717, 1.165) is 33.1 Å². The Morgan fingerprint density at radius 3 is 2.00 bits per heavy atom. The topological polar surface area (TPSA) is 25.8 Å². The maximum atomic E-state index is 5.99. The predicted octanol–water partition coefficient (Wildman–Crippen LogP) is 6.52. The van der Waals surface area contributed by atoms with Crippen molar-refractivity contribution in [2.45, 2.75) is 25.7 Å². The van der Waals surface area contributed by atoms with E-state index in [1.807, 2.05) is 45.0 Å². The van der Waals surface area contributed by atoms with Gasteiger partial charge < -0.3 is 0 Å². The maximum absolute atomic E-state index is 5.99. The van der Waals surface area contributed by atoms with E-state index in [-0.39, 0.29) is 0 Å². The molecule has 4 heteroatoms. The molecule has 0 atom stereocenters. The summed E-state index contributed by atoms with van der Waals surface area (Å²) in [5.41, 5.74) is 5.01. The van der Waals surface area contributed by atoms with Crippen molar-refractivity contribution in [1.82, 2.24) is 10.2 Å². The molecule has 0 fully saturated rings. The van der Waals surface area contributed by atoms with Gasteiger partial charge in [-0.1, -0.05) is 49.7 Å². The van der Waals surface area contributed by atoms with Gasteiger partial charge in [0, 0.05) is 21.0 Å². The van der Waals surface area contributed by atoms with Crippen LogP contribution in [0.3, 0.4) is 0 Å². The zero-order chi connectivity index (χ0) is 17.5. The van der Waals surface area contributed by atoms with Crippen LogP contribution in [0.25, 0.3) is 22.4 Å². The Balaban J connectivity index is 0.00000100. The molecule has 2 nitrogen and oxygen atoms in total. The average molecular weight is 357 g/mol. The van der Waals surface area contributed by atoms with E-state index in [0.29, 0.717) is 0 Å². The van der Waals surface area contributed by atoms with Crippen molar-refractivity contribution in [1.29, 1.82) is 0 Å². The van der Waals surface area contributed by atoms with Crippen LogP contribution < -0.4 is 0 Å². The average Bonchev–Trinajstić information content (AvgIpc) is 2.64. The molecule has 0 N–H and O–H groups in total. The molecule has 2 aromatic carbocycles. The predicted molar refractivity (Wildman–Crippen MR) is 106 cm³/mol. The summed E-state index contributed by atoms with van der Waals surface area (Å²) >= 11 is 7.72. The summed E-state index contributed by atoms with van der Waals surface area (Å²) in [4.78, 5) is 1.23. The van der Waals surface area contributed by atoms with E-state index in [9.17, 15) is 0 Å². The molecule has 0 aliphatic carbocycles. The Morgan fingerprint density at radius 2 is 1.42 bits per heavy atom. The van der Waals surface area contributed by atoms with Crippen molar-refractivity contribution in [2.24, 2.45) is 0 Å². The zero-order valence-electron chi connectivity index (χ0n) is 14.4. The van der Waals surface area contributed by atoms with Crippen molar-refractivity contribution in [2.75, 3.05) is 6.26 Å². The zero-order valence-corrected chi connectivity index (χ0v) is 15.9. The van der Waals surface area contributed by atoms with Crippen LogP contribution in [0.1, 0.15) is 19.5 Å². The first-order chi connectivity index (χ1) is 11.7. The van der Waals surface area contributed by atoms with Gasteiger partial charge in [-0.15, -0.1) is 16.9 Å². The number of nitrogens with zero attached hydrogens (tertiary/aromatic N) is 2. The summed E-state index contributed by atoms with van der Waals surface area (Å²) < 4.78 is 0. The van der Waals surface area contributed by atoms with Crippen molar-refractivity contribution in [3.63, 3.8) is 0 Å². The largest absolute Gasteiger partial charge is 0.155 e. The Hall–Kier alpha value is -1.84. The SMILES string of the molecule is CC.CSc1ccc(-c2nnc(C)cc2-c2ccc(Cl)cc2)cc1. The Bertz CT molecular complexity index is 784. The molecule has 0 aliphatic rings. The Labute approximate surface area is 153 Å². The summed E-state index contributed by atoms with van der Waals surface area (Å²) in [6.45, 7) is 5.95. The monoisotopic (exact) mass is 356 g/mol. The standard InChI is InChI=1S/C18H15ClN2S.C2H6/c1-12-11-17(13-3-7-15(19)8-4-13)18(21-20-12)14-5-9-16(22-2)10-6-14;1-2/h3-11H,1-2H3;1-2H3. The Kier molecular flexibility index (Phi) is 6.83. The van der Waals surface area contributed by atoms with Crippen LogP contribution in [0.2, 0.25) is 5.02 Å². The number of aromatic nitrogens is 2. The van der Waals surface area contributed by atoms with E-state index in [1.165, 1.54) is 4.90 Å². The van der Waals surface area contributed by atoms with Crippen LogP contribution in [-0.4, -0.2) is 16.5 Å². The highest BCUT2D eigenvalue weighted by atomic mass is 35.5. The smallest absolute Gasteiger partial charge is 0.101 e. The number of aryl methyl sites for hydroxylation is 1. The van der Waals surface area contributed by atoms with Gasteiger partial charge in [-0.2, -0.15) is 5.10 Å². The van der Waals surface area contributed by atoms with Crippen molar-refractivity contribution in [3.05, 3.63) is 65.3 Å². The highest BCUT2D eigenvalue weighted by Gasteiger charge is 2.10. The van der Waals surface area contributed by atoms with Gasteiger partial charge in [-0.25, -0.2) is 0 Å². The second-order valence-electron chi connectivity index (χ2n) is 4.98. The minimum absolute atomic E-state index is 0.730. The molecular weight excluding hydrogens is 336 g/mol. The number of halogens is 1. The fourth-order valence-electron chi connectivity index (χ4n) is 2.30. The quantitative estimate of drug-likeness (QED) is 0.499. The molecular formula is C20H21ClN2S. The third-order valence-corrected chi connectivity index (χ3v) is 4.43. The van der Waals surface area contributed by atoms with Gasteiger partial charge in [0.15, 0.2) is 0 Å². The van der Waals surface area contributed by atoms with Crippen molar-refractivity contribution >= 4 is 23.4 Å². The molecule has 124 valence electrons. The van der Waals surface area contributed by atoms with Gasteiger partial charge in [0.25, 0.3) is 0 Å². The van der Waals surface area contributed by atoms with Gasteiger partial charge in [0.05, 0.1) is 5.69 Å². The molecule has 0 aliphatic heterocycles. The van der Waals surface area contributed by atoms with E-state index >= 15 is 0 Å². The van der Waals surface area contributed by atoms with Crippen LogP contribution in [0.4, 0.5) is 0 Å². The lowest BCUT2D eigenvalue weighted by atomic mass is 9.99. The summed E-state index contributed by atoms with van der Waals surface area (Å²) in [6.07, 6.45) is 2.07. The van der Waals surface area contributed by atoms with E-state index < -0.39 is 0 Å². The molecule has 3 aromatic rings. The second kappa shape index (κ2) is 8.86. The molecule has 1 aromatic heterocycles. The molecule has 0 amide bonds. The normalized spacial score (nSPS) is 10.0. The number of hydrogen-bond donors (Lipinski definition) is 0. The maximum Gasteiger partial charge on any atom is 0.101 e. The summed E-state index contributed by atoms with van der Waals surface area (Å²) in [5.74, 6) is 0.